The van der Waals surface area contributed by atoms with E-state index in [1.54, 1.807) is 13.2 Å². The third-order valence-corrected chi connectivity index (χ3v) is 3.56. The predicted molar refractivity (Wildman–Crippen MR) is 86.7 cm³/mol. The van der Waals surface area contributed by atoms with Crippen LogP contribution in [0.5, 0.6) is 5.75 Å². The van der Waals surface area contributed by atoms with Crippen LogP contribution in [-0.2, 0) is 11.2 Å². The van der Waals surface area contributed by atoms with E-state index in [0.717, 1.165) is 29.7 Å². The SMILES string of the molecule is CCCCCCCCc1cc(OC)ccc1/C=C/C(=O)O. The lowest BCUT2D eigenvalue weighted by Gasteiger charge is -2.09. The Kier molecular flexibility index (Phi) is 8.25. The number of ether oxygens (including phenoxy) is 1. The van der Waals surface area contributed by atoms with E-state index >= 15 is 0 Å². The first kappa shape index (κ1) is 17.3. The molecule has 0 saturated carbocycles. The first-order chi connectivity index (χ1) is 10.2. The molecule has 0 aliphatic carbocycles. The molecule has 3 heteroatoms. The molecular weight excluding hydrogens is 264 g/mol. The molecule has 0 atom stereocenters. The summed E-state index contributed by atoms with van der Waals surface area (Å²) in [5.41, 5.74) is 2.12. The highest BCUT2D eigenvalue weighted by molar-refractivity contribution is 5.85. The van der Waals surface area contributed by atoms with E-state index in [9.17, 15) is 4.79 Å². The zero-order chi connectivity index (χ0) is 15.5. The van der Waals surface area contributed by atoms with Crippen molar-refractivity contribution in [3.8, 4) is 5.75 Å². The third-order valence-electron chi connectivity index (χ3n) is 3.56. The summed E-state index contributed by atoms with van der Waals surface area (Å²) in [6.45, 7) is 2.22. The van der Waals surface area contributed by atoms with Gasteiger partial charge in [-0.25, -0.2) is 4.79 Å². The molecule has 3 nitrogen and oxygen atoms in total. The minimum Gasteiger partial charge on any atom is -0.497 e. The average molecular weight is 290 g/mol. The second-order valence-corrected chi connectivity index (χ2v) is 5.25. The molecule has 0 aromatic heterocycles. The van der Waals surface area contributed by atoms with Crippen LogP contribution >= 0.6 is 0 Å². The van der Waals surface area contributed by atoms with Crippen LogP contribution in [0.25, 0.3) is 6.08 Å². The minimum absolute atomic E-state index is 0.823. The van der Waals surface area contributed by atoms with Crippen LogP contribution in [0.3, 0.4) is 0 Å². The Morgan fingerprint density at radius 3 is 2.57 bits per heavy atom. The van der Waals surface area contributed by atoms with E-state index in [-0.39, 0.29) is 0 Å². The summed E-state index contributed by atoms with van der Waals surface area (Å²) in [6, 6.07) is 5.80. The van der Waals surface area contributed by atoms with Crippen molar-refractivity contribution in [2.24, 2.45) is 0 Å². The maximum atomic E-state index is 10.7. The number of benzene rings is 1. The molecule has 0 radical (unpaired) electrons. The lowest BCUT2D eigenvalue weighted by atomic mass is 9.99. The van der Waals surface area contributed by atoms with Gasteiger partial charge in [-0.1, -0.05) is 45.1 Å². The van der Waals surface area contributed by atoms with E-state index < -0.39 is 5.97 Å². The van der Waals surface area contributed by atoms with Crippen molar-refractivity contribution in [2.45, 2.75) is 51.9 Å². The molecule has 0 saturated heterocycles. The van der Waals surface area contributed by atoms with Crippen LogP contribution in [0.15, 0.2) is 24.3 Å². The molecule has 0 aliphatic rings. The molecular formula is C18H26O3. The quantitative estimate of drug-likeness (QED) is 0.502. The molecule has 0 heterocycles. The summed E-state index contributed by atoms with van der Waals surface area (Å²) in [7, 11) is 1.65. The highest BCUT2D eigenvalue weighted by Crippen LogP contribution is 2.21. The number of hydrogen-bond acceptors (Lipinski definition) is 2. The maximum Gasteiger partial charge on any atom is 0.328 e. The summed E-state index contributed by atoms with van der Waals surface area (Å²) >= 11 is 0. The molecule has 0 aliphatic heterocycles. The molecule has 0 spiro atoms. The van der Waals surface area contributed by atoms with Crippen LogP contribution in [-0.4, -0.2) is 18.2 Å². The number of carboxylic acids is 1. The Bertz CT molecular complexity index is 464. The molecule has 21 heavy (non-hydrogen) atoms. The summed E-state index contributed by atoms with van der Waals surface area (Å²) < 4.78 is 5.25. The number of hydrogen-bond donors (Lipinski definition) is 1. The molecule has 0 fully saturated rings. The van der Waals surface area contributed by atoms with Gasteiger partial charge in [0, 0.05) is 6.08 Å². The smallest absolute Gasteiger partial charge is 0.328 e. The van der Waals surface area contributed by atoms with Crippen molar-refractivity contribution >= 4 is 12.0 Å². The number of carboxylic acid groups (broad SMARTS) is 1. The van der Waals surface area contributed by atoms with Gasteiger partial charge in [-0.3, -0.25) is 0 Å². The van der Waals surface area contributed by atoms with Gasteiger partial charge in [0.15, 0.2) is 0 Å². The summed E-state index contributed by atoms with van der Waals surface area (Å²) in [4.78, 5) is 10.7. The fourth-order valence-corrected chi connectivity index (χ4v) is 2.35. The molecule has 1 rings (SSSR count). The normalized spacial score (nSPS) is 11.0. The number of rotatable bonds is 10. The summed E-state index contributed by atoms with van der Waals surface area (Å²) in [6.07, 6.45) is 11.3. The molecule has 0 amide bonds. The Hall–Kier alpha value is -1.77. The lowest BCUT2D eigenvalue weighted by molar-refractivity contribution is -0.131. The monoisotopic (exact) mass is 290 g/mol. The van der Waals surface area contributed by atoms with Gasteiger partial charge in [0.1, 0.15) is 5.75 Å². The van der Waals surface area contributed by atoms with Crippen LogP contribution in [0, 0.1) is 0 Å². The number of carbonyl (C=O) groups is 1. The van der Waals surface area contributed by atoms with Crippen molar-refractivity contribution in [1.82, 2.24) is 0 Å². The van der Waals surface area contributed by atoms with Crippen LogP contribution in [0.2, 0.25) is 0 Å². The highest BCUT2D eigenvalue weighted by Gasteiger charge is 2.03. The van der Waals surface area contributed by atoms with E-state index in [0.29, 0.717) is 0 Å². The zero-order valence-electron chi connectivity index (χ0n) is 13.1. The fourth-order valence-electron chi connectivity index (χ4n) is 2.35. The summed E-state index contributed by atoms with van der Waals surface area (Å²) in [5, 5.41) is 8.75. The number of methoxy groups -OCH3 is 1. The van der Waals surface area contributed by atoms with Gasteiger partial charge in [0.25, 0.3) is 0 Å². The lowest BCUT2D eigenvalue weighted by Crippen LogP contribution is -1.94. The number of aliphatic carboxylic acids is 1. The molecule has 0 bridgehead atoms. The first-order valence-electron chi connectivity index (χ1n) is 7.75. The average Bonchev–Trinajstić information content (AvgIpc) is 2.49. The van der Waals surface area contributed by atoms with Gasteiger partial charge >= 0.3 is 5.97 Å². The van der Waals surface area contributed by atoms with E-state index in [2.05, 4.69) is 6.92 Å². The van der Waals surface area contributed by atoms with Crippen LogP contribution in [0.1, 0.15) is 56.6 Å². The Balaban J connectivity index is 2.61. The Labute approximate surface area is 127 Å². The molecule has 1 aromatic carbocycles. The molecule has 0 unspecified atom stereocenters. The zero-order valence-corrected chi connectivity index (χ0v) is 13.1. The van der Waals surface area contributed by atoms with Crippen molar-refractivity contribution < 1.29 is 14.6 Å². The Morgan fingerprint density at radius 1 is 1.19 bits per heavy atom. The van der Waals surface area contributed by atoms with Crippen molar-refractivity contribution in [3.05, 3.63) is 35.4 Å². The van der Waals surface area contributed by atoms with Gasteiger partial charge in [-0.15, -0.1) is 0 Å². The number of aryl methyl sites for hydroxylation is 1. The van der Waals surface area contributed by atoms with Gasteiger partial charge in [-0.05, 0) is 42.2 Å². The summed E-state index contributed by atoms with van der Waals surface area (Å²) in [5.74, 6) is -0.0974. The van der Waals surface area contributed by atoms with Crippen LogP contribution in [0.4, 0.5) is 0 Å². The molecule has 1 aromatic rings. The minimum atomic E-state index is -0.920. The van der Waals surface area contributed by atoms with E-state index in [1.165, 1.54) is 38.2 Å². The van der Waals surface area contributed by atoms with Crippen LogP contribution < -0.4 is 4.74 Å². The standard InChI is InChI=1S/C18H26O3/c1-3-4-5-6-7-8-9-16-14-17(21-2)12-10-15(16)11-13-18(19)20/h10-14H,3-9H2,1-2H3,(H,19,20)/b13-11+. The highest BCUT2D eigenvalue weighted by atomic mass is 16.5. The van der Waals surface area contributed by atoms with Gasteiger partial charge < -0.3 is 9.84 Å². The van der Waals surface area contributed by atoms with Gasteiger partial charge in [0.2, 0.25) is 0 Å². The Morgan fingerprint density at radius 2 is 1.90 bits per heavy atom. The van der Waals surface area contributed by atoms with Gasteiger partial charge in [0.05, 0.1) is 7.11 Å². The topological polar surface area (TPSA) is 46.5 Å². The molecule has 1 N–H and O–H groups in total. The number of unbranched alkanes of at least 4 members (excludes halogenated alkanes) is 5. The largest absolute Gasteiger partial charge is 0.497 e. The van der Waals surface area contributed by atoms with E-state index in [4.69, 9.17) is 9.84 Å². The fraction of sp³-hybridized carbons (Fsp3) is 0.500. The maximum absolute atomic E-state index is 10.7. The van der Waals surface area contributed by atoms with E-state index in [1.807, 2.05) is 18.2 Å². The van der Waals surface area contributed by atoms with Crippen molar-refractivity contribution in [3.63, 3.8) is 0 Å². The van der Waals surface area contributed by atoms with Gasteiger partial charge in [-0.2, -0.15) is 0 Å². The van der Waals surface area contributed by atoms with Crippen molar-refractivity contribution in [2.75, 3.05) is 7.11 Å². The second-order valence-electron chi connectivity index (χ2n) is 5.25. The molecule has 116 valence electrons. The second kappa shape index (κ2) is 10.0. The van der Waals surface area contributed by atoms with Crippen molar-refractivity contribution in [1.29, 1.82) is 0 Å². The third kappa shape index (κ3) is 6.98. The first-order valence-corrected chi connectivity index (χ1v) is 7.75. The predicted octanol–water partition coefficient (Wildman–Crippen LogP) is 4.70.